The van der Waals surface area contributed by atoms with E-state index in [2.05, 4.69) is 90.3 Å². The van der Waals surface area contributed by atoms with Gasteiger partial charge in [-0.1, -0.05) is 135 Å². The fourth-order valence-corrected chi connectivity index (χ4v) is 6.27. The van der Waals surface area contributed by atoms with Gasteiger partial charge in [0.2, 0.25) is 0 Å². The van der Waals surface area contributed by atoms with Gasteiger partial charge in [0.15, 0.2) is 14.1 Å². The summed E-state index contributed by atoms with van der Waals surface area (Å²) in [7, 11) is -1.88. The molecule has 2 rings (SSSR count). The SMILES string of the molecule is CCCCCCCCCCCCCC[C@H]1OC(C)(C)O[C@H]1[C@H](CO[Si](C)(C)C(C)(C)C)NCc1ccccc1. The lowest BCUT2D eigenvalue weighted by molar-refractivity contribution is -0.149. The second-order valence-electron chi connectivity index (χ2n) is 13.9. The molecule has 0 aromatic heterocycles. The van der Waals surface area contributed by atoms with E-state index in [9.17, 15) is 0 Å². The van der Waals surface area contributed by atoms with Crippen molar-refractivity contribution in [1.82, 2.24) is 5.32 Å². The average Bonchev–Trinajstić information content (AvgIpc) is 3.18. The van der Waals surface area contributed by atoms with E-state index in [1.54, 1.807) is 0 Å². The second kappa shape index (κ2) is 17.3. The Morgan fingerprint density at radius 2 is 1.38 bits per heavy atom. The molecule has 1 fully saturated rings. The maximum absolute atomic E-state index is 6.73. The summed E-state index contributed by atoms with van der Waals surface area (Å²) in [6, 6.07) is 10.7. The Bertz CT molecular complexity index is 761. The van der Waals surface area contributed by atoms with E-state index in [1.165, 1.54) is 82.6 Å². The standard InChI is InChI=1S/C34H63NO3Si/c1-9-10-11-12-13-14-15-16-17-18-19-23-26-31-32(38-34(5,6)37-31)30(28-36-39(7,8)33(2,3)4)35-27-29-24-21-20-22-25-29/h20-22,24-25,30-32,35H,9-19,23,26-28H2,1-8H3/t30-,31+,32-/m0/s1. The summed E-state index contributed by atoms with van der Waals surface area (Å²) < 4.78 is 19.8. The molecule has 1 aliphatic heterocycles. The maximum atomic E-state index is 6.73. The smallest absolute Gasteiger partial charge is 0.192 e. The number of hydrogen-bond donors (Lipinski definition) is 1. The highest BCUT2D eigenvalue weighted by Gasteiger charge is 2.46. The number of nitrogens with one attached hydrogen (secondary N) is 1. The van der Waals surface area contributed by atoms with Gasteiger partial charge in [0.25, 0.3) is 0 Å². The Balaban J connectivity index is 1.86. The molecular weight excluding hydrogens is 498 g/mol. The molecule has 1 aromatic rings. The van der Waals surface area contributed by atoms with Crippen molar-refractivity contribution < 1.29 is 13.9 Å². The van der Waals surface area contributed by atoms with Crippen LogP contribution >= 0.6 is 0 Å². The summed E-state index contributed by atoms with van der Waals surface area (Å²) in [5.74, 6) is -0.559. The second-order valence-corrected chi connectivity index (χ2v) is 18.7. The van der Waals surface area contributed by atoms with Crippen LogP contribution in [0.4, 0.5) is 0 Å². The molecule has 4 nitrogen and oxygen atoms in total. The third-order valence-corrected chi connectivity index (χ3v) is 13.3. The lowest BCUT2D eigenvalue weighted by atomic mass is 9.99. The number of ether oxygens (including phenoxy) is 2. The molecule has 39 heavy (non-hydrogen) atoms. The van der Waals surface area contributed by atoms with Gasteiger partial charge in [-0.2, -0.15) is 0 Å². The van der Waals surface area contributed by atoms with Crippen molar-refractivity contribution in [3.63, 3.8) is 0 Å². The molecule has 0 saturated carbocycles. The molecule has 1 N–H and O–H groups in total. The molecule has 1 aliphatic rings. The summed E-state index contributed by atoms with van der Waals surface area (Å²) in [5.41, 5.74) is 1.28. The molecule has 1 saturated heterocycles. The van der Waals surface area contributed by atoms with Gasteiger partial charge >= 0.3 is 0 Å². The first kappa shape index (κ1) is 34.5. The van der Waals surface area contributed by atoms with Crippen molar-refractivity contribution in [2.45, 2.75) is 174 Å². The Hall–Kier alpha value is -0.723. The van der Waals surface area contributed by atoms with Gasteiger partial charge in [-0.3, -0.25) is 0 Å². The van der Waals surface area contributed by atoms with Gasteiger partial charge in [0, 0.05) is 6.54 Å². The number of unbranched alkanes of at least 4 members (excludes halogenated alkanes) is 11. The zero-order valence-corrected chi connectivity index (χ0v) is 28.0. The molecule has 1 aromatic carbocycles. The molecular formula is C34H63NO3Si. The van der Waals surface area contributed by atoms with E-state index in [0.717, 1.165) is 13.0 Å². The minimum atomic E-state index is -1.88. The van der Waals surface area contributed by atoms with E-state index in [1.807, 2.05) is 0 Å². The zero-order chi connectivity index (χ0) is 28.8. The molecule has 0 spiro atoms. The summed E-state index contributed by atoms with van der Waals surface area (Å²) in [6.07, 6.45) is 17.6. The summed E-state index contributed by atoms with van der Waals surface area (Å²) >= 11 is 0. The fraction of sp³-hybridized carbons (Fsp3) is 0.824. The molecule has 1 heterocycles. The lowest BCUT2D eigenvalue weighted by Crippen LogP contribution is -2.51. The molecule has 0 radical (unpaired) electrons. The van der Waals surface area contributed by atoms with Crippen molar-refractivity contribution in [2.24, 2.45) is 0 Å². The first-order valence-electron chi connectivity index (χ1n) is 16.2. The van der Waals surface area contributed by atoms with Crippen LogP contribution in [0.1, 0.15) is 131 Å². The van der Waals surface area contributed by atoms with E-state index in [4.69, 9.17) is 13.9 Å². The third-order valence-electron chi connectivity index (χ3n) is 8.80. The zero-order valence-electron chi connectivity index (χ0n) is 27.0. The highest BCUT2D eigenvalue weighted by atomic mass is 28.4. The number of rotatable bonds is 20. The van der Waals surface area contributed by atoms with Crippen molar-refractivity contribution >= 4 is 8.32 Å². The monoisotopic (exact) mass is 561 g/mol. The van der Waals surface area contributed by atoms with E-state index >= 15 is 0 Å². The number of benzene rings is 1. The predicted molar refractivity (Wildman–Crippen MR) is 170 cm³/mol. The minimum Gasteiger partial charge on any atom is -0.415 e. The summed E-state index contributed by atoms with van der Waals surface area (Å²) in [6.45, 7) is 19.5. The van der Waals surface area contributed by atoms with Crippen LogP contribution in [0.2, 0.25) is 18.1 Å². The average molecular weight is 562 g/mol. The Labute approximate surface area is 243 Å². The van der Waals surface area contributed by atoms with Gasteiger partial charge in [-0.25, -0.2) is 0 Å². The third kappa shape index (κ3) is 13.2. The first-order chi connectivity index (χ1) is 18.5. The maximum Gasteiger partial charge on any atom is 0.192 e. The van der Waals surface area contributed by atoms with Crippen LogP contribution in [-0.4, -0.2) is 39.0 Å². The molecule has 0 bridgehead atoms. The quantitative estimate of drug-likeness (QED) is 0.127. The lowest BCUT2D eigenvalue weighted by Gasteiger charge is -2.38. The van der Waals surface area contributed by atoms with Gasteiger partial charge in [-0.05, 0) is 44.0 Å². The minimum absolute atomic E-state index is 0.0128. The van der Waals surface area contributed by atoms with Crippen LogP contribution in [0.5, 0.6) is 0 Å². The molecule has 226 valence electrons. The van der Waals surface area contributed by atoms with E-state index < -0.39 is 14.1 Å². The summed E-state index contributed by atoms with van der Waals surface area (Å²) in [4.78, 5) is 0. The van der Waals surface area contributed by atoms with Crippen LogP contribution in [0.3, 0.4) is 0 Å². The van der Waals surface area contributed by atoms with Crippen LogP contribution in [0.15, 0.2) is 30.3 Å². The van der Waals surface area contributed by atoms with Gasteiger partial charge in [0.1, 0.15) is 6.10 Å². The van der Waals surface area contributed by atoms with Gasteiger partial charge < -0.3 is 19.2 Å². The molecule has 0 amide bonds. The van der Waals surface area contributed by atoms with Gasteiger partial charge in [0.05, 0.1) is 18.8 Å². The largest absolute Gasteiger partial charge is 0.415 e. The van der Waals surface area contributed by atoms with Gasteiger partial charge in [-0.15, -0.1) is 0 Å². The molecule has 0 aliphatic carbocycles. The Morgan fingerprint density at radius 1 is 0.846 bits per heavy atom. The van der Waals surface area contributed by atoms with E-state index in [-0.39, 0.29) is 23.3 Å². The summed E-state index contributed by atoms with van der Waals surface area (Å²) in [5, 5.41) is 3.99. The van der Waals surface area contributed by atoms with Crippen LogP contribution in [0, 0.1) is 0 Å². The number of hydrogen-bond acceptors (Lipinski definition) is 4. The van der Waals surface area contributed by atoms with Crippen LogP contribution in [0.25, 0.3) is 0 Å². The molecule has 0 unspecified atom stereocenters. The highest BCUT2D eigenvalue weighted by molar-refractivity contribution is 6.74. The van der Waals surface area contributed by atoms with E-state index in [0.29, 0.717) is 6.61 Å². The van der Waals surface area contributed by atoms with Crippen molar-refractivity contribution in [2.75, 3.05) is 6.61 Å². The topological polar surface area (TPSA) is 39.7 Å². The normalized spacial score (nSPS) is 20.4. The fourth-order valence-electron chi connectivity index (χ4n) is 5.24. The predicted octanol–water partition coefficient (Wildman–Crippen LogP) is 9.78. The van der Waals surface area contributed by atoms with Crippen molar-refractivity contribution in [1.29, 1.82) is 0 Å². The Kier molecular flexibility index (Phi) is 15.3. The van der Waals surface area contributed by atoms with Crippen LogP contribution < -0.4 is 5.32 Å². The van der Waals surface area contributed by atoms with Crippen molar-refractivity contribution in [3.05, 3.63) is 35.9 Å². The van der Waals surface area contributed by atoms with Crippen LogP contribution in [-0.2, 0) is 20.4 Å². The molecule has 3 atom stereocenters. The highest BCUT2D eigenvalue weighted by Crippen LogP contribution is 2.38. The van der Waals surface area contributed by atoms with Crippen molar-refractivity contribution in [3.8, 4) is 0 Å². The molecule has 5 heteroatoms. The Morgan fingerprint density at radius 3 is 1.92 bits per heavy atom. The first-order valence-corrected chi connectivity index (χ1v) is 19.1.